The van der Waals surface area contributed by atoms with Gasteiger partial charge in [-0.05, 0) is 31.0 Å². The molecule has 1 aliphatic rings. The van der Waals surface area contributed by atoms with Crippen molar-refractivity contribution in [1.82, 2.24) is 19.2 Å². The van der Waals surface area contributed by atoms with E-state index in [0.29, 0.717) is 37.7 Å². The van der Waals surface area contributed by atoms with Gasteiger partial charge in [-0.2, -0.15) is 0 Å². The van der Waals surface area contributed by atoms with Crippen LogP contribution in [0.15, 0.2) is 29.1 Å². The van der Waals surface area contributed by atoms with Gasteiger partial charge in [0.05, 0.1) is 6.61 Å². The number of esters is 1. The SMILES string of the molecule is CCOC(=O)CCCn1nc2n(c1=O)CCN(Cc1cccc(Cl)c1)C2=O. The van der Waals surface area contributed by atoms with Gasteiger partial charge < -0.3 is 9.64 Å². The minimum atomic E-state index is -0.329. The number of hydrogen-bond donors (Lipinski definition) is 0. The Balaban J connectivity index is 1.68. The van der Waals surface area contributed by atoms with Crippen molar-refractivity contribution >= 4 is 23.5 Å². The minimum Gasteiger partial charge on any atom is -0.466 e. The number of carbonyl (C=O) groups is 2. The number of hydrogen-bond acceptors (Lipinski definition) is 5. The maximum atomic E-state index is 12.7. The molecule has 2 aromatic rings. The first kappa shape index (κ1) is 19.2. The van der Waals surface area contributed by atoms with Crippen molar-refractivity contribution in [2.24, 2.45) is 0 Å². The first-order valence-electron chi connectivity index (χ1n) is 8.86. The fourth-order valence-corrected chi connectivity index (χ4v) is 3.24. The maximum absolute atomic E-state index is 12.7. The second-order valence-electron chi connectivity index (χ2n) is 6.25. The molecule has 0 radical (unpaired) electrons. The predicted octanol–water partition coefficient (Wildman–Crippen LogP) is 1.70. The third-order valence-corrected chi connectivity index (χ3v) is 4.55. The number of halogens is 1. The Morgan fingerprint density at radius 3 is 2.85 bits per heavy atom. The van der Waals surface area contributed by atoms with Crippen LogP contribution in [-0.4, -0.2) is 44.3 Å². The number of nitrogens with zero attached hydrogens (tertiary/aromatic N) is 4. The Labute approximate surface area is 161 Å². The molecule has 0 atom stereocenters. The van der Waals surface area contributed by atoms with E-state index in [1.165, 1.54) is 9.25 Å². The average molecular weight is 393 g/mol. The van der Waals surface area contributed by atoms with Crippen LogP contribution in [0.4, 0.5) is 0 Å². The molecule has 1 aromatic carbocycles. The summed E-state index contributed by atoms with van der Waals surface area (Å²) in [5.74, 6) is -0.467. The molecule has 3 rings (SSSR count). The standard InChI is InChI=1S/C18H21ClN4O4/c1-2-27-15(24)7-4-8-23-18(26)22-10-9-21(17(25)16(22)20-23)12-13-5-3-6-14(19)11-13/h3,5-6,11H,2,4,7-10,12H2,1H3. The van der Waals surface area contributed by atoms with E-state index in [2.05, 4.69) is 5.10 Å². The summed E-state index contributed by atoms with van der Waals surface area (Å²) in [5.41, 5.74) is 0.588. The summed E-state index contributed by atoms with van der Waals surface area (Å²) in [5, 5.41) is 4.79. The van der Waals surface area contributed by atoms with Crippen molar-refractivity contribution < 1.29 is 14.3 Å². The lowest BCUT2D eigenvalue weighted by Crippen LogP contribution is -2.42. The van der Waals surface area contributed by atoms with Crippen molar-refractivity contribution in [2.75, 3.05) is 13.2 Å². The first-order valence-corrected chi connectivity index (χ1v) is 9.24. The van der Waals surface area contributed by atoms with Crippen molar-refractivity contribution in [3.8, 4) is 0 Å². The van der Waals surface area contributed by atoms with Crippen LogP contribution in [0.25, 0.3) is 0 Å². The Hall–Kier alpha value is -2.61. The molecule has 27 heavy (non-hydrogen) atoms. The van der Waals surface area contributed by atoms with E-state index in [1.807, 2.05) is 18.2 Å². The summed E-state index contributed by atoms with van der Waals surface area (Å²) >= 11 is 6.00. The maximum Gasteiger partial charge on any atom is 0.346 e. The number of carbonyl (C=O) groups excluding carboxylic acids is 2. The zero-order valence-electron chi connectivity index (χ0n) is 15.1. The molecule has 0 saturated carbocycles. The number of ether oxygens (including phenoxy) is 1. The molecule has 0 spiro atoms. The van der Waals surface area contributed by atoms with Crippen LogP contribution in [0.5, 0.6) is 0 Å². The zero-order valence-corrected chi connectivity index (χ0v) is 15.8. The Morgan fingerprint density at radius 2 is 2.11 bits per heavy atom. The highest BCUT2D eigenvalue weighted by Gasteiger charge is 2.29. The predicted molar refractivity (Wildman–Crippen MR) is 98.5 cm³/mol. The molecular weight excluding hydrogens is 372 g/mol. The second kappa shape index (κ2) is 8.39. The summed E-state index contributed by atoms with van der Waals surface area (Å²) in [6, 6.07) is 7.32. The summed E-state index contributed by atoms with van der Waals surface area (Å²) in [4.78, 5) is 38.2. The van der Waals surface area contributed by atoms with Crippen LogP contribution in [0.2, 0.25) is 5.02 Å². The summed E-state index contributed by atoms with van der Waals surface area (Å²) in [6.45, 7) is 3.55. The normalized spacial score (nSPS) is 13.6. The largest absolute Gasteiger partial charge is 0.466 e. The lowest BCUT2D eigenvalue weighted by atomic mass is 10.2. The summed E-state index contributed by atoms with van der Waals surface area (Å²) in [7, 11) is 0. The van der Waals surface area contributed by atoms with Gasteiger partial charge in [-0.3, -0.25) is 14.2 Å². The molecule has 9 heteroatoms. The highest BCUT2D eigenvalue weighted by molar-refractivity contribution is 6.30. The number of aromatic nitrogens is 3. The Kier molecular flexibility index (Phi) is 5.95. The van der Waals surface area contributed by atoms with E-state index >= 15 is 0 Å². The number of benzene rings is 1. The number of rotatable bonds is 7. The van der Waals surface area contributed by atoms with Crippen molar-refractivity contribution in [1.29, 1.82) is 0 Å². The van der Waals surface area contributed by atoms with Crippen LogP contribution in [0.3, 0.4) is 0 Å². The van der Waals surface area contributed by atoms with E-state index in [9.17, 15) is 14.4 Å². The van der Waals surface area contributed by atoms with Gasteiger partial charge in [0, 0.05) is 37.6 Å². The van der Waals surface area contributed by atoms with Crippen LogP contribution in [0, 0.1) is 0 Å². The Bertz CT molecular complexity index is 905. The molecule has 0 aliphatic carbocycles. The van der Waals surface area contributed by atoms with Gasteiger partial charge in [0.15, 0.2) is 0 Å². The van der Waals surface area contributed by atoms with Gasteiger partial charge in [-0.1, -0.05) is 23.7 Å². The molecule has 0 N–H and O–H groups in total. The van der Waals surface area contributed by atoms with Gasteiger partial charge in [0.2, 0.25) is 5.82 Å². The quantitative estimate of drug-likeness (QED) is 0.669. The van der Waals surface area contributed by atoms with E-state index in [4.69, 9.17) is 16.3 Å². The monoisotopic (exact) mass is 392 g/mol. The van der Waals surface area contributed by atoms with E-state index in [1.54, 1.807) is 17.9 Å². The summed E-state index contributed by atoms with van der Waals surface area (Å²) in [6.07, 6.45) is 0.632. The van der Waals surface area contributed by atoms with E-state index in [-0.39, 0.29) is 36.4 Å². The average Bonchev–Trinajstić information content (AvgIpc) is 2.95. The second-order valence-corrected chi connectivity index (χ2v) is 6.68. The first-order chi connectivity index (χ1) is 13.0. The molecular formula is C18H21ClN4O4. The molecule has 8 nitrogen and oxygen atoms in total. The molecule has 0 bridgehead atoms. The summed E-state index contributed by atoms with van der Waals surface area (Å²) < 4.78 is 7.50. The van der Waals surface area contributed by atoms with Crippen LogP contribution in [0.1, 0.15) is 35.9 Å². The molecule has 1 amide bonds. The van der Waals surface area contributed by atoms with Crippen molar-refractivity contribution in [2.45, 2.75) is 39.4 Å². The number of fused-ring (bicyclic) bond motifs is 1. The fraction of sp³-hybridized carbons (Fsp3) is 0.444. The highest BCUT2D eigenvalue weighted by Crippen LogP contribution is 2.16. The fourth-order valence-electron chi connectivity index (χ4n) is 3.02. The smallest absolute Gasteiger partial charge is 0.346 e. The molecule has 1 aromatic heterocycles. The van der Waals surface area contributed by atoms with Crippen molar-refractivity contribution in [3.05, 3.63) is 51.2 Å². The topological polar surface area (TPSA) is 86.4 Å². The molecule has 2 heterocycles. The Morgan fingerprint density at radius 1 is 1.30 bits per heavy atom. The molecule has 144 valence electrons. The third-order valence-electron chi connectivity index (χ3n) is 4.31. The molecule has 1 aliphatic heterocycles. The van der Waals surface area contributed by atoms with Crippen LogP contribution >= 0.6 is 11.6 Å². The van der Waals surface area contributed by atoms with Gasteiger partial charge in [-0.25, -0.2) is 9.48 Å². The van der Waals surface area contributed by atoms with Crippen molar-refractivity contribution in [3.63, 3.8) is 0 Å². The highest BCUT2D eigenvalue weighted by atomic mass is 35.5. The molecule has 0 fully saturated rings. The van der Waals surface area contributed by atoms with Gasteiger partial charge >= 0.3 is 11.7 Å². The van der Waals surface area contributed by atoms with Gasteiger partial charge in [-0.15, -0.1) is 5.10 Å². The zero-order chi connectivity index (χ0) is 19.4. The van der Waals surface area contributed by atoms with E-state index < -0.39 is 0 Å². The van der Waals surface area contributed by atoms with Crippen LogP contribution in [-0.2, 0) is 29.2 Å². The lowest BCUT2D eigenvalue weighted by molar-refractivity contribution is -0.143. The van der Waals surface area contributed by atoms with Gasteiger partial charge in [0.25, 0.3) is 5.91 Å². The van der Waals surface area contributed by atoms with Gasteiger partial charge in [0.1, 0.15) is 0 Å². The number of amides is 1. The number of aryl methyl sites for hydroxylation is 1. The molecule has 0 saturated heterocycles. The van der Waals surface area contributed by atoms with Crippen LogP contribution < -0.4 is 5.69 Å². The molecule has 0 unspecified atom stereocenters. The minimum absolute atomic E-state index is 0.129. The van der Waals surface area contributed by atoms with E-state index in [0.717, 1.165) is 5.56 Å². The lowest BCUT2D eigenvalue weighted by Gasteiger charge is -2.26. The third kappa shape index (κ3) is 4.39.